The second-order valence-corrected chi connectivity index (χ2v) is 8.66. The first-order valence-electron chi connectivity index (χ1n) is 11.3. The molecule has 180 valence electrons. The molecule has 2 aliphatic heterocycles. The number of ether oxygens (including phenoxy) is 1. The van der Waals surface area contributed by atoms with Gasteiger partial charge in [-0.05, 0) is 24.0 Å². The number of amides is 3. The van der Waals surface area contributed by atoms with Gasteiger partial charge in [0.2, 0.25) is 11.8 Å². The van der Waals surface area contributed by atoms with Gasteiger partial charge in [0.15, 0.2) is 0 Å². The fourth-order valence-electron chi connectivity index (χ4n) is 4.65. The van der Waals surface area contributed by atoms with E-state index in [-0.39, 0.29) is 36.5 Å². The van der Waals surface area contributed by atoms with Gasteiger partial charge in [0.1, 0.15) is 19.2 Å². The minimum Gasteiger partial charge on any atom is -0.445 e. The predicted molar refractivity (Wildman–Crippen MR) is 122 cm³/mol. The lowest BCUT2D eigenvalue weighted by atomic mass is 9.83. The Morgan fingerprint density at radius 1 is 1.06 bits per heavy atom. The number of nitrogens with zero attached hydrogens (tertiary/aromatic N) is 2. The summed E-state index contributed by atoms with van der Waals surface area (Å²) in [6.45, 7) is 0.519. The lowest BCUT2D eigenvalue weighted by Crippen LogP contribution is -2.56. The number of aromatic nitrogens is 1. The van der Waals surface area contributed by atoms with Crippen molar-refractivity contribution in [2.75, 3.05) is 26.2 Å². The highest BCUT2D eigenvalue weighted by atomic mass is 16.5. The SMILES string of the molecule is O=C(CNC(=O)OCc1ccccc1)N[C@H](CO)C(=O)N1CC2CC(C1)c1cccc(=O)n1C2. The van der Waals surface area contributed by atoms with E-state index in [0.29, 0.717) is 19.6 Å². The largest absolute Gasteiger partial charge is 0.445 e. The molecule has 1 saturated heterocycles. The number of hydrogen-bond donors (Lipinski definition) is 3. The summed E-state index contributed by atoms with van der Waals surface area (Å²) in [5.41, 5.74) is 1.68. The van der Waals surface area contributed by atoms with Crippen molar-refractivity contribution >= 4 is 17.9 Å². The van der Waals surface area contributed by atoms with E-state index in [1.807, 2.05) is 36.4 Å². The average molecular weight is 469 g/mol. The van der Waals surface area contributed by atoms with Crippen molar-refractivity contribution in [3.8, 4) is 0 Å². The minimum atomic E-state index is -1.12. The van der Waals surface area contributed by atoms with Gasteiger partial charge in [-0.1, -0.05) is 36.4 Å². The molecule has 1 aromatic heterocycles. The molecule has 0 radical (unpaired) electrons. The summed E-state index contributed by atoms with van der Waals surface area (Å²) in [5.74, 6) is -0.838. The summed E-state index contributed by atoms with van der Waals surface area (Å²) >= 11 is 0. The molecule has 3 heterocycles. The van der Waals surface area contributed by atoms with Gasteiger partial charge in [-0.15, -0.1) is 0 Å². The van der Waals surface area contributed by atoms with Crippen LogP contribution in [-0.4, -0.2) is 64.8 Å². The molecule has 34 heavy (non-hydrogen) atoms. The number of likely N-dealkylation sites (tertiary alicyclic amines) is 1. The Bertz CT molecular complexity index is 1100. The Kier molecular flexibility index (Phi) is 7.27. The van der Waals surface area contributed by atoms with Crippen LogP contribution in [-0.2, 0) is 27.5 Å². The van der Waals surface area contributed by atoms with Gasteiger partial charge in [-0.3, -0.25) is 14.4 Å². The number of carbonyl (C=O) groups is 3. The molecule has 2 unspecified atom stereocenters. The highest BCUT2D eigenvalue weighted by Crippen LogP contribution is 2.35. The zero-order chi connectivity index (χ0) is 24.1. The molecule has 3 amide bonds. The van der Waals surface area contributed by atoms with E-state index in [0.717, 1.165) is 17.7 Å². The number of hydrogen-bond acceptors (Lipinski definition) is 6. The molecule has 4 rings (SSSR count). The second kappa shape index (κ2) is 10.5. The zero-order valence-corrected chi connectivity index (χ0v) is 18.7. The first-order chi connectivity index (χ1) is 16.4. The quantitative estimate of drug-likeness (QED) is 0.532. The van der Waals surface area contributed by atoms with Crippen molar-refractivity contribution in [3.63, 3.8) is 0 Å². The molecule has 3 N–H and O–H groups in total. The third-order valence-corrected chi connectivity index (χ3v) is 6.21. The molecule has 10 nitrogen and oxygen atoms in total. The maximum Gasteiger partial charge on any atom is 0.407 e. The number of rotatable bonds is 7. The molecule has 0 saturated carbocycles. The van der Waals surface area contributed by atoms with Crippen LogP contribution < -0.4 is 16.2 Å². The van der Waals surface area contributed by atoms with Gasteiger partial charge in [0, 0.05) is 37.3 Å². The number of carbonyl (C=O) groups excluding carboxylic acids is 3. The van der Waals surface area contributed by atoms with Gasteiger partial charge >= 0.3 is 6.09 Å². The van der Waals surface area contributed by atoms with Gasteiger partial charge in [-0.25, -0.2) is 4.79 Å². The van der Waals surface area contributed by atoms with E-state index >= 15 is 0 Å². The Balaban J connectivity index is 1.28. The van der Waals surface area contributed by atoms with Crippen LogP contribution in [0.1, 0.15) is 23.6 Å². The Morgan fingerprint density at radius 3 is 2.62 bits per heavy atom. The number of aliphatic hydroxyl groups is 1. The third kappa shape index (κ3) is 5.45. The van der Waals surface area contributed by atoms with E-state index in [1.54, 1.807) is 15.5 Å². The number of alkyl carbamates (subject to hydrolysis) is 1. The molecule has 1 aromatic carbocycles. The smallest absolute Gasteiger partial charge is 0.407 e. The van der Waals surface area contributed by atoms with Gasteiger partial charge in [0.05, 0.1) is 6.61 Å². The van der Waals surface area contributed by atoms with Crippen molar-refractivity contribution in [1.29, 1.82) is 0 Å². The van der Waals surface area contributed by atoms with Gasteiger partial charge in [0.25, 0.3) is 5.56 Å². The molecular formula is C24H28N4O6. The number of nitrogens with one attached hydrogen (secondary N) is 2. The first-order valence-corrected chi connectivity index (χ1v) is 11.3. The molecule has 1 fully saturated rings. The average Bonchev–Trinajstić information content (AvgIpc) is 2.85. The predicted octanol–water partition coefficient (Wildman–Crippen LogP) is 0.198. The summed E-state index contributed by atoms with van der Waals surface area (Å²) in [6.07, 6.45) is 0.127. The standard InChI is InChI=1S/C24H28N4O6/c29-14-19(26-21(30)10-25-24(33)34-15-16-5-2-1-3-6-16)23(32)27-11-17-9-18(13-27)20-7-4-8-22(31)28(20)12-17/h1-8,17-19,29H,9-15H2,(H,25,33)(H,26,30)/t17?,18?,19-/m1/s1. The Labute approximate surface area is 196 Å². The number of fused-ring (bicyclic) bond motifs is 4. The summed E-state index contributed by atoms with van der Waals surface area (Å²) in [4.78, 5) is 51.0. The van der Waals surface area contributed by atoms with Crippen LogP contribution in [0, 0.1) is 5.92 Å². The fraction of sp³-hybridized carbons (Fsp3) is 0.417. The lowest BCUT2D eigenvalue weighted by molar-refractivity contribution is -0.139. The normalized spacial score (nSPS) is 19.5. The maximum absolute atomic E-state index is 13.0. The van der Waals surface area contributed by atoms with Crippen molar-refractivity contribution in [2.24, 2.45) is 5.92 Å². The Morgan fingerprint density at radius 2 is 1.85 bits per heavy atom. The van der Waals surface area contributed by atoms with E-state index in [1.165, 1.54) is 6.07 Å². The van der Waals surface area contributed by atoms with Crippen LogP contribution in [0.25, 0.3) is 0 Å². The topological polar surface area (TPSA) is 130 Å². The minimum absolute atomic E-state index is 0.0291. The van der Waals surface area contributed by atoms with Crippen molar-refractivity contribution < 1.29 is 24.2 Å². The van der Waals surface area contributed by atoms with Crippen molar-refractivity contribution in [1.82, 2.24) is 20.1 Å². The molecule has 10 heteroatoms. The number of pyridine rings is 1. The Hall–Kier alpha value is -3.66. The van der Waals surface area contributed by atoms with Crippen molar-refractivity contribution in [2.45, 2.75) is 31.5 Å². The van der Waals surface area contributed by atoms with E-state index < -0.39 is 24.6 Å². The van der Waals surface area contributed by atoms with Gasteiger partial charge in [-0.2, -0.15) is 0 Å². The molecule has 0 spiro atoms. The van der Waals surface area contributed by atoms with E-state index in [9.17, 15) is 24.3 Å². The number of piperidine rings is 1. The zero-order valence-electron chi connectivity index (χ0n) is 18.7. The molecule has 3 atom stereocenters. The summed E-state index contributed by atoms with van der Waals surface area (Å²) in [5, 5.41) is 14.6. The summed E-state index contributed by atoms with van der Waals surface area (Å²) in [6, 6.07) is 13.2. The van der Waals surface area contributed by atoms with Gasteiger partial charge < -0.3 is 29.9 Å². The second-order valence-electron chi connectivity index (χ2n) is 8.66. The first kappa shape index (κ1) is 23.5. The number of aliphatic hydroxyl groups excluding tert-OH is 1. The van der Waals surface area contributed by atoms with Crippen LogP contribution in [0.2, 0.25) is 0 Å². The van der Waals surface area contributed by atoms with Crippen LogP contribution in [0.15, 0.2) is 53.3 Å². The van der Waals surface area contributed by atoms with E-state index in [2.05, 4.69) is 10.6 Å². The fourth-order valence-corrected chi connectivity index (χ4v) is 4.65. The molecule has 2 aromatic rings. The van der Waals surface area contributed by atoms with Crippen molar-refractivity contribution in [3.05, 3.63) is 70.1 Å². The molecule has 0 aliphatic carbocycles. The monoisotopic (exact) mass is 468 g/mol. The van der Waals surface area contributed by atoms with Crippen LogP contribution in [0.4, 0.5) is 4.79 Å². The van der Waals surface area contributed by atoms with E-state index in [4.69, 9.17) is 4.74 Å². The molecule has 2 bridgehead atoms. The molecular weight excluding hydrogens is 440 g/mol. The summed E-state index contributed by atoms with van der Waals surface area (Å²) in [7, 11) is 0. The number of benzene rings is 1. The van der Waals surface area contributed by atoms with Crippen LogP contribution in [0.5, 0.6) is 0 Å². The lowest BCUT2D eigenvalue weighted by Gasteiger charge is -2.43. The third-order valence-electron chi connectivity index (χ3n) is 6.21. The highest BCUT2D eigenvalue weighted by molar-refractivity contribution is 5.89. The summed E-state index contributed by atoms with van der Waals surface area (Å²) < 4.78 is 6.83. The van der Waals surface area contributed by atoms with Crippen LogP contribution >= 0.6 is 0 Å². The molecule has 2 aliphatic rings. The highest BCUT2D eigenvalue weighted by Gasteiger charge is 2.38. The maximum atomic E-state index is 13.0. The van der Waals surface area contributed by atoms with Crippen LogP contribution in [0.3, 0.4) is 0 Å².